The zero-order chi connectivity index (χ0) is 34.2. The number of pyridine rings is 1. The lowest BCUT2D eigenvalue weighted by atomic mass is 9.99. The van der Waals surface area contributed by atoms with Crippen LogP contribution in [0.15, 0.2) is 54.7 Å². The molecule has 1 aliphatic carbocycles. The smallest absolute Gasteiger partial charge is 0.407 e. The van der Waals surface area contributed by atoms with E-state index in [0.29, 0.717) is 36.5 Å². The molecule has 2 aliphatic rings. The molecule has 254 valence electrons. The topological polar surface area (TPSA) is 127 Å². The average Bonchev–Trinajstić information content (AvgIpc) is 3.68. The summed E-state index contributed by atoms with van der Waals surface area (Å²) in [5.74, 6) is 1.03. The van der Waals surface area contributed by atoms with Gasteiger partial charge in [-0.2, -0.15) is 0 Å². The van der Waals surface area contributed by atoms with E-state index in [1.807, 2.05) is 56.5 Å². The molecule has 1 saturated heterocycles. The van der Waals surface area contributed by atoms with Gasteiger partial charge in [-0.3, -0.25) is 9.59 Å². The quantitative estimate of drug-likeness (QED) is 0.257. The maximum absolute atomic E-state index is 14.0. The van der Waals surface area contributed by atoms with Crippen LogP contribution in [0, 0.1) is 5.92 Å². The molecule has 0 radical (unpaired) electrons. The number of amides is 3. The zero-order valence-corrected chi connectivity index (χ0v) is 28.7. The van der Waals surface area contributed by atoms with Crippen LogP contribution in [0.3, 0.4) is 0 Å². The summed E-state index contributed by atoms with van der Waals surface area (Å²) in [7, 11) is 5.85. The molecule has 6 rings (SSSR count). The van der Waals surface area contributed by atoms with Crippen molar-refractivity contribution in [3.05, 3.63) is 60.3 Å². The highest BCUT2D eigenvalue weighted by Crippen LogP contribution is 2.36. The molecule has 1 saturated carbocycles. The Labute approximate surface area is 281 Å². The van der Waals surface area contributed by atoms with Gasteiger partial charge in [0.1, 0.15) is 11.2 Å². The first-order chi connectivity index (χ1) is 22.8. The van der Waals surface area contributed by atoms with E-state index >= 15 is 0 Å². The predicted octanol–water partition coefficient (Wildman–Crippen LogP) is 4.34. The number of hydrogen-bond acceptors (Lipinski definition) is 7. The molecule has 0 bridgehead atoms. The van der Waals surface area contributed by atoms with Crippen LogP contribution < -0.4 is 10.6 Å². The van der Waals surface area contributed by atoms with Gasteiger partial charge in [-0.15, -0.1) is 0 Å². The number of carbonyl (C=O) groups is 3. The van der Waals surface area contributed by atoms with Crippen LogP contribution in [0.1, 0.15) is 50.4 Å². The Balaban J connectivity index is 1.26. The van der Waals surface area contributed by atoms with Gasteiger partial charge in [0.15, 0.2) is 5.82 Å². The third-order valence-electron chi connectivity index (χ3n) is 8.69. The summed E-state index contributed by atoms with van der Waals surface area (Å²) in [6.45, 7) is 7.51. The van der Waals surface area contributed by atoms with Crippen molar-refractivity contribution in [3.63, 3.8) is 0 Å². The van der Waals surface area contributed by atoms with Crippen LogP contribution in [0.4, 0.5) is 4.79 Å². The molecule has 0 unspecified atom stereocenters. The first kappa shape index (κ1) is 33.2. The van der Waals surface area contributed by atoms with Gasteiger partial charge >= 0.3 is 6.09 Å². The fraction of sp³-hybridized carbons (Fsp3) is 0.472. The number of rotatable bonds is 9. The highest BCUT2D eigenvalue weighted by Gasteiger charge is 2.33. The molecule has 1 aliphatic heterocycles. The molecule has 12 nitrogen and oxygen atoms in total. The van der Waals surface area contributed by atoms with E-state index in [1.54, 1.807) is 31.7 Å². The number of alkyl carbamates (subject to hydrolysis) is 1. The molecule has 4 heterocycles. The van der Waals surface area contributed by atoms with Gasteiger partial charge in [-0.1, -0.05) is 6.08 Å². The van der Waals surface area contributed by atoms with Gasteiger partial charge in [0.2, 0.25) is 5.91 Å². The number of aryl methyl sites for hydroxylation is 1. The summed E-state index contributed by atoms with van der Waals surface area (Å²) < 4.78 is 9.83. The van der Waals surface area contributed by atoms with Gasteiger partial charge in [0.25, 0.3) is 5.91 Å². The minimum atomic E-state index is -0.668. The van der Waals surface area contributed by atoms with Crippen molar-refractivity contribution in [2.75, 3.05) is 33.7 Å². The number of carbonyl (C=O) groups excluding carboxylic acids is 3. The minimum Gasteiger partial charge on any atom is -0.444 e. The Morgan fingerprint density at radius 2 is 1.81 bits per heavy atom. The van der Waals surface area contributed by atoms with Crippen LogP contribution in [0.2, 0.25) is 0 Å². The SMILES string of the molecule is CN(C)C/C=C/C(=O)N[C@@H]1C[C@H](NC(=O)OC(C)(C)C)CN(C(=O)c2ccc3c(c2)nc(-c2cc4cccnc4n2CC2CC2)n3C)C1. The summed E-state index contributed by atoms with van der Waals surface area (Å²) in [6.07, 6.45) is 7.47. The Hall–Kier alpha value is -4.71. The number of piperidine rings is 1. The van der Waals surface area contributed by atoms with E-state index in [2.05, 4.69) is 36.9 Å². The Morgan fingerprint density at radius 1 is 1.06 bits per heavy atom. The van der Waals surface area contributed by atoms with Crippen molar-refractivity contribution in [2.45, 2.75) is 64.3 Å². The summed E-state index contributed by atoms with van der Waals surface area (Å²) in [5.41, 5.74) is 3.41. The Kier molecular flexibility index (Phi) is 9.28. The molecule has 4 aromatic rings. The standard InChI is InChI=1S/C36H46N8O4/c1-36(2,3)48-35(47)39-27-19-26(38-31(45)10-8-16-41(4)5)21-43(22-27)34(46)25-13-14-29-28(17-25)40-33(42(29)6)30-18-24-9-7-15-37-32(24)44(30)20-23-11-12-23/h7-10,13-15,17-18,23,26-27H,11-12,16,19-22H2,1-6H3,(H,38,45)(H,39,47)/b10-8+/t26-,27+/m1/s1. The third kappa shape index (κ3) is 7.70. The van der Waals surface area contributed by atoms with Crippen LogP contribution in [0.5, 0.6) is 0 Å². The average molecular weight is 655 g/mol. The molecular formula is C36H46N8O4. The predicted molar refractivity (Wildman–Crippen MR) is 185 cm³/mol. The fourth-order valence-electron chi connectivity index (χ4n) is 6.33. The molecule has 3 amide bonds. The van der Waals surface area contributed by atoms with E-state index in [4.69, 9.17) is 9.72 Å². The van der Waals surface area contributed by atoms with Gasteiger partial charge < -0.3 is 34.3 Å². The lowest BCUT2D eigenvalue weighted by molar-refractivity contribution is -0.117. The van der Waals surface area contributed by atoms with Crippen molar-refractivity contribution in [1.29, 1.82) is 0 Å². The summed E-state index contributed by atoms with van der Waals surface area (Å²) >= 11 is 0. The number of imidazole rings is 1. The van der Waals surface area contributed by atoms with Crippen molar-refractivity contribution in [2.24, 2.45) is 13.0 Å². The van der Waals surface area contributed by atoms with Crippen molar-refractivity contribution in [3.8, 4) is 11.5 Å². The largest absolute Gasteiger partial charge is 0.444 e. The monoisotopic (exact) mass is 654 g/mol. The number of likely N-dealkylation sites (N-methyl/N-ethyl adjacent to an activating group) is 1. The molecule has 12 heteroatoms. The molecule has 1 aromatic carbocycles. The van der Waals surface area contributed by atoms with Crippen LogP contribution in [0.25, 0.3) is 33.6 Å². The summed E-state index contributed by atoms with van der Waals surface area (Å²) in [5, 5.41) is 7.01. The highest BCUT2D eigenvalue weighted by atomic mass is 16.6. The Morgan fingerprint density at radius 3 is 2.52 bits per heavy atom. The molecule has 3 aromatic heterocycles. The lowest BCUT2D eigenvalue weighted by Crippen LogP contribution is -2.58. The van der Waals surface area contributed by atoms with Crippen molar-refractivity contribution >= 4 is 40.0 Å². The van der Waals surface area contributed by atoms with E-state index in [0.717, 1.165) is 34.6 Å². The number of likely N-dealkylation sites (tertiary alicyclic amines) is 1. The second kappa shape index (κ2) is 13.4. The molecular weight excluding hydrogens is 608 g/mol. The van der Waals surface area contributed by atoms with E-state index in [1.165, 1.54) is 18.9 Å². The molecule has 2 atom stereocenters. The number of hydrogen-bond donors (Lipinski definition) is 2. The first-order valence-corrected chi connectivity index (χ1v) is 16.7. The number of ether oxygens (including phenoxy) is 1. The number of nitrogens with one attached hydrogen (secondary N) is 2. The number of nitrogens with zero attached hydrogens (tertiary/aromatic N) is 6. The zero-order valence-electron chi connectivity index (χ0n) is 28.7. The molecule has 2 N–H and O–H groups in total. The lowest BCUT2D eigenvalue weighted by Gasteiger charge is -2.38. The van der Waals surface area contributed by atoms with E-state index in [-0.39, 0.29) is 24.4 Å². The molecule has 0 spiro atoms. The van der Waals surface area contributed by atoms with Crippen LogP contribution in [-0.2, 0) is 23.1 Å². The maximum atomic E-state index is 14.0. The number of benzene rings is 1. The minimum absolute atomic E-state index is 0.200. The van der Waals surface area contributed by atoms with Crippen LogP contribution >= 0.6 is 0 Å². The van der Waals surface area contributed by atoms with Crippen LogP contribution in [-0.4, -0.2) is 98.2 Å². The molecule has 48 heavy (non-hydrogen) atoms. The maximum Gasteiger partial charge on any atom is 0.407 e. The van der Waals surface area contributed by atoms with Crippen molar-refractivity contribution in [1.82, 2.24) is 39.5 Å². The highest BCUT2D eigenvalue weighted by molar-refractivity contribution is 5.98. The number of aromatic nitrogens is 4. The van der Waals surface area contributed by atoms with Gasteiger partial charge in [-0.05, 0) is 96.4 Å². The normalized spacial score (nSPS) is 18.6. The third-order valence-corrected chi connectivity index (χ3v) is 8.69. The second-order valence-corrected chi connectivity index (χ2v) is 14.4. The second-order valence-electron chi connectivity index (χ2n) is 14.4. The van der Waals surface area contributed by atoms with Gasteiger partial charge in [0.05, 0.1) is 22.8 Å². The van der Waals surface area contributed by atoms with E-state index < -0.39 is 17.7 Å². The van der Waals surface area contributed by atoms with Gasteiger partial charge in [-0.25, -0.2) is 14.8 Å². The van der Waals surface area contributed by atoms with E-state index in [9.17, 15) is 14.4 Å². The summed E-state index contributed by atoms with van der Waals surface area (Å²) in [6, 6.07) is 11.0. The van der Waals surface area contributed by atoms with Crippen molar-refractivity contribution < 1.29 is 19.1 Å². The number of fused-ring (bicyclic) bond motifs is 2. The Bertz CT molecular complexity index is 1860. The fourth-order valence-corrected chi connectivity index (χ4v) is 6.33. The first-order valence-electron chi connectivity index (χ1n) is 16.7. The summed E-state index contributed by atoms with van der Waals surface area (Å²) in [4.78, 5) is 52.8. The van der Waals surface area contributed by atoms with Gasteiger partial charge in [0, 0.05) is 62.5 Å². The molecule has 2 fully saturated rings.